The van der Waals surface area contributed by atoms with Crippen molar-refractivity contribution in [3.63, 3.8) is 0 Å². The molecule has 132 valence electrons. The summed E-state index contributed by atoms with van der Waals surface area (Å²) in [6.07, 6.45) is 2.37. The zero-order chi connectivity index (χ0) is 17.8. The van der Waals surface area contributed by atoms with E-state index in [4.69, 9.17) is 0 Å². The molecule has 7 heteroatoms. The van der Waals surface area contributed by atoms with Gasteiger partial charge < -0.3 is 10.2 Å². The number of aryl methyl sites for hydroxylation is 1. The van der Waals surface area contributed by atoms with Gasteiger partial charge in [0.2, 0.25) is 5.91 Å². The summed E-state index contributed by atoms with van der Waals surface area (Å²) in [5, 5.41) is 10.3. The number of rotatable bonds is 4. The second kappa shape index (κ2) is 7.46. The van der Waals surface area contributed by atoms with E-state index in [1.54, 1.807) is 13.8 Å². The molecule has 0 unspecified atom stereocenters. The summed E-state index contributed by atoms with van der Waals surface area (Å²) in [4.78, 5) is 26.4. The number of amides is 2. The van der Waals surface area contributed by atoms with Crippen LogP contribution in [0.15, 0.2) is 35.0 Å². The predicted molar refractivity (Wildman–Crippen MR) is 90.8 cm³/mol. The van der Waals surface area contributed by atoms with Crippen molar-refractivity contribution in [1.82, 2.24) is 20.5 Å². The van der Waals surface area contributed by atoms with Gasteiger partial charge in [-0.25, -0.2) is 4.63 Å². The van der Waals surface area contributed by atoms with Crippen LogP contribution in [0.2, 0.25) is 0 Å². The Kier molecular flexibility index (Phi) is 5.11. The molecule has 2 heterocycles. The van der Waals surface area contributed by atoms with E-state index in [0.29, 0.717) is 18.7 Å². The summed E-state index contributed by atoms with van der Waals surface area (Å²) in [5.41, 5.74) is 1.79. The van der Waals surface area contributed by atoms with Gasteiger partial charge in [-0.15, -0.1) is 0 Å². The third kappa shape index (κ3) is 3.87. The number of likely N-dealkylation sites (tertiary alicyclic amines) is 1. The van der Waals surface area contributed by atoms with Crippen LogP contribution in [0.25, 0.3) is 0 Å². The molecule has 1 aromatic heterocycles. The maximum atomic E-state index is 12.5. The molecule has 0 saturated carbocycles. The van der Waals surface area contributed by atoms with Crippen molar-refractivity contribution >= 4 is 11.8 Å². The topological polar surface area (TPSA) is 88.3 Å². The maximum absolute atomic E-state index is 12.5. The number of nitrogens with one attached hydrogen (secondary N) is 1. The van der Waals surface area contributed by atoms with E-state index in [1.807, 2.05) is 35.2 Å². The first kappa shape index (κ1) is 17.1. The van der Waals surface area contributed by atoms with Crippen LogP contribution in [0.5, 0.6) is 0 Å². The van der Waals surface area contributed by atoms with Gasteiger partial charge in [-0.2, -0.15) is 0 Å². The predicted octanol–water partition coefficient (Wildman–Crippen LogP) is 1.73. The van der Waals surface area contributed by atoms with Gasteiger partial charge >= 0.3 is 0 Å². The molecule has 1 N–H and O–H groups in total. The highest BCUT2D eigenvalue weighted by molar-refractivity contribution is 5.93. The lowest BCUT2D eigenvalue weighted by molar-refractivity contribution is -0.133. The molecular formula is C18H22N4O3. The van der Waals surface area contributed by atoms with Crippen molar-refractivity contribution in [2.24, 2.45) is 0 Å². The number of aromatic nitrogens is 2. The Bertz CT molecular complexity index is 744. The number of nitrogens with zero attached hydrogens (tertiary/aromatic N) is 3. The fourth-order valence-corrected chi connectivity index (χ4v) is 3.40. The monoisotopic (exact) mass is 342 g/mol. The van der Waals surface area contributed by atoms with Gasteiger partial charge in [-0.05, 0) is 36.9 Å². The molecule has 1 aliphatic rings. The zero-order valence-electron chi connectivity index (χ0n) is 14.4. The van der Waals surface area contributed by atoms with E-state index in [2.05, 4.69) is 20.3 Å². The molecule has 0 aliphatic carbocycles. The number of carbonyl (C=O) groups excluding carboxylic acids is 2. The van der Waals surface area contributed by atoms with Crippen LogP contribution in [0.4, 0.5) is 0 Å². The van der Waals surface area contributed by atoms with Gasteiger partial charge in [0.15, 0.2) is 5.69 Å². The summed E-state index contributed by atoms with van der Waals surface area (Å²) in [6.45, 7) is 3.97. The quantitative estimate of drug-likeness (QED) is 0.914. The minimum Gasteiger partial charge on any atom is -0.346 e. The maximum Gasteiger partial charge on any atom is 0.275 e. The smallest absolute Gasteiger partial charge is 0.275 e. The van der Waals surface area contributed by atoms with Gasteiger partial charge in [0, 0.05) is 13.5 Å². The van der Waals surface area contributed by atoms with Crippen molar-refractivity contribution in [3.05, 3.63) is 47.3 Å². The Hall–Kier alpha value is -2.70. The highest BCUT2D eigenvalue weighted by Gasteiger charge is 2.34. The Morgan fingerprint density at radius 3 is 2.68 bits per heavy atom. The van der Waals surface area contributed by atoms with Crippen LogP contribution in [0.3, 0.4) is 0 Å². The summed E-state index contributed by atoms with van der Waals surface area (Å²) < 4.78 is 4.61. The molecule has 2 atom stereocenters. The second-order valence-electron chi connectivity index (χ2n) is 6.39. The molecule has 3 rings (SSSR count). The summed E-state index contributed by atoms with van der Waals surface area (Å²) in [5.74, 6) is -0.286. The minimum absolute atomic E-state index is 0.0270. The SMILES string of the molecule is CC(=O)N1CCC[C@H](NC(=O)c2nonc2C)[C@@H]1Cc1ccccc1. The molecule has 0 radical (unpaired) electrons. The number of piperidine rings is 1. The highest BCUT2D eigenvalue weighted by Crippen LogP contribution is 2.22. The van der Waals surface area contributed by atoms with Crippen molar-refractivity contribution in [2.75, 3.05) is 6.54 Å². The standard InChI is InChI=1S/C18H22N4O3/c1-12-17(21-25-20-12)18(24)19-15-9-6-10-22(13(2)23)16(15)11-14-7-4-3-5-8-14/h3-5,7-8,15-16H,6,9-11H2,1-2H3,(H,19,24)/t15-,16-/m0/s1. The molecule has 1 aromatic carbocycles. The molecule has 0 spiro atoms. The molecule has 7 nitrogen and oxygen atoms in total. The first-order valence-electron chi connectivity index (χ1n) is 8.47. The third-order valence-corrected chi connectivity index (χ3v) is 4.66. The van der Waals surface area contributed by atoms with Gasteiger partial charge in [0.1, 0.15) is 5.69 Å². The van der Waals surface area contributed by atoms with Crippen molar-refractivity contribution in [2.45, 2.75) is 45.2 Å². The van der Waals surface area contributed by atoms with E-state index in [1.165, 1.54) is 0 Å². The van der Waals surface area contributed by atoms with Crippen LogP contribution in [0, 0.1) is 6.92 Å². The molecular weight excluding hydrogens is 320 g/mol. The van der Waals surface area contributed by atoms with E-state index in [0.717, 1.165) is 18.4 Å². The van der Waals surface area contributed by atoms with Crippen molar-refractivity contribution in [1.29, 1.82) is 0 Å². The van der Waals surface area contributed by atoms with Gasteiger partial charge in [0.05, 0.1) is 12.1 Å². The van der Waals surface area contributed by atoms with Crippen LogP contribution >= 0.6 is 0 Å². The third-order valence-electron chi connectivity index (χ3n) is 4.66. The van der Waals surface area contributed by atoms with Crippen LogP contribution in [-0.2, 0) is 11.2 Å². The largest absolute Gasteiger partial charge is 0.346 e. The Morgan fingerprint density at radius 1 is 1.28 bits per heavy atom. The van der Waals surface area contributed by atoms with Gasteiger partial charge in [0.25, 0.3) is 5.91 Å². The molecule has 1 fully saturated rings. The van der Waals surface area contributed by atoms with E-state index in [-0.39, 0.29) is 29.6 Å². The Labute approximate surface area is 146 Å². The molecule has 1 saturated heterocycles. The average molecular weight is 342 g/mol. The van der Waals surface area contributed by atoms with Crippen LogP contribution < -0.4 is 5.32 Å². The van der Waals surface area contributed by atoms with Crippen molar-refractivity contribution in [3.8, 4) is 0 Å². The molecule has 25 heavy (non-hydrogen) atoms. The number of carbonyl (C=O) groups is 2. The second-order valence-corrected chi connectivity index (χ2v) is 6.39. The molecule has 0 bridgehead atoms. The normalized spacial score (nSPS) is 20.3. The summed E-state index contributed by atoms with van der Waals surface area (Å²) >= 11 is 0. The van der Waals surface area contributed by atoms with Crippen LogP contribution in [0.1, 0.15) is 41.5 Å². The fraction of sp³-hybridized carbons (Fsp3) is 0.444. The molecule has 2 aromatic rings. The van der Waals surface area contributed by atoms with E-state index < -0.39 is 0 Å². The first-order chi connectivity index (χ1) is 12.1. The zero-order valence-corrected chi connectivity index (χ0v) is 14.4. The van der Waals surface area contributed by atoms with Crippen molar-refractivity contribution < 1.29 is 14.2 Å². The number of hydrogen-bond acceptors (Lipinski definition) is 5. The van der Waals surface area contributed by atoms with Gasteiger partial charge in [-0.3, -0.25) is 9.59 Å². The average Bonchev–Trinajstić information content (AvgIpc) is 3.03. The number of hydrogen-bond donors (Lipinski definition) is 1. The van der Waals surface area contributed by atoms with E-state index in [9.17, 15) is 9.59 Å². The summed E-state index contributed by atoms with van der Waals surface area (Å²) in [7, 11) is 0. The first-order valence-corrected chi connectivity index (χ1v) is 8.47. The Morgan fingerprint density at radius 2 is 2.04 bits per heavy atom. The number of benzene rings is 1. The lowest BCUT2D eigenvalue weighted by Crippen LogP contribution is -2.57. The minimum atomic E-state index is -0.313. The lowest BCUT2D eigenvalue weighted by Gasteiger charge is -2.41. The van der Waals surface area contributed by atoms with Crippen LogP contribution in [-0.4, -0.2) is 45.7 Å². The summed E-state index contributed by atoms with van der Waals surface area (Å²) in [6, 6.07) is 9.78. The molecule has 1 aliphatic heterocycles. The van der Waals surface area contributed by atoms with E-state index >= 15 is 0 Å². The Balaban J connectivity index is 1.80. The molecule has 2 amide bonds. The fourth-order valence-electron chi connectivity index (χ4n) is 3.40. The highest BCUT2D eigenvalue weighted by atomic mass is 16.6. The van der Waals surface area contributed by atoms with Gasteiger partial charge in [-0.1, -0.05) is 35.5 Å². The lowest BCUT2D eigenvalue weighted by atomic mass is 9.90.